The summed E-state index contributed by atoms with van der Waals surface area (Å²) in [5, 5.41) is 12.8. The van der Waals surface area contributed by atoms with Crippen LogP contribution in [0, 0.1) is 18.3 Å². The van der Waals surface area contributed by atoms with Gasteiger partial charge in [0, 0.05) is 15.5 Å². The van der Waals surface area contributed by atoms with Crippen LogP contribution in [0.25, 0.3) is 0 Å². The number of thioether (sulfide) groups is 1. The Balaban J connectivity index is 1.76. The second-order valence-corrected chi connectivity index (χ2v) is 10.4. The molecule has 170 valence electrons. The molecule has 1 unspecified atom stereocenters. The molecule has 0 spiro atoms. The highest BCUT2D eigenvalue weighted by atomic mass is 32.2. The van der Waals surface area contributed by atoms with Gasteiger partial charge in [-0.15, -0.1) is 0 Å². The van der Waals surface area contributed by atoms with Crippen molar-refractivity contribution in [3.05, 3.63) is 125 Å². The number of anilines is 1. The van der Waals surface area contributed by atoms with E-state index in [0.717, 1.165) is 32.2 Å². The minimum atomic E-state index is -1.29. The summed E-state index contributed by atoms with van der Waals surface area (Å²) in [5.41, 5.74) is 4.89. The Kier molecular flexibility index (Phi) is 7.84. The maximum atomic E-state index is 13.6. The van der Waals surface area contributed by atoms with Gasteiger partial charge in [0.25, 0.3) is 0 Å². The molecule has 5 heteroatoms. The van der Waals surface area contributed by atoms with Gasteiger partial charge in [0.05, 0.1) is 33.7 Å². The normalized spacial score (nSPS) is 13.4. The molecule has 4 aromatic carbocycles. The second kappa shape index (κ2) is 11.2. The monoisotopic (exact) mass is 482 g/mol. The number of hydrogen-bond donors (Lipinski definition) is 1. The van der Waals surface area contributed by atoms with Crippen LogP contribution < -0.4 is 5.32 Å². The van der Waals surface area contributed by atoms with Gasteiger partial charge in [0.15, 0.2) is 0 Å². The Labute approximate surface area is 208 Å². The van der Waals surface area contributed by atoms with Crippen molar-refractivity contribution in [2.75, 3.05) is 11.6 Å². The molecule has 1 N–H and O–H groups in total. The van der Waals surface area contributed by atoms with E-state index in [4.69, 9.17) is 5.26 Å². The fourth-order valence-corrected chi connectivity index (χ4v) is 6.21. The summed E-state index contributed by atoms with van der Waals surface area (Å²) in [5.74, 6) is 0. The molecule has 4 rings (SSSR count). The minimum Gasteiger partial charge on any atom is -0.377 e. The van der Waals surface area contributed by atoms with E-state index >= 15 is 0 Å². The average molecular weight is 483 g/mol. The lowest BCUT2D eigenvalue weighted by atomic mass is 9.97. The summed E-state index contributed by atoms with van der Waals surface area (Å²) in [7, 11) is -1.29. The van der Waals surface area contributed by atoms with Gasteiger partial charge >= 0.3 is 0 Å². The fraction of sp³-hybridized carbons (Fsp3) is 0.138. The van der Waals surface area contributed by atoms with E-state index in [-0.39, 0.29) is 11.3 Å². The first kappa shape index (κ1) is 23.8. The van der Waals surface area contributed by atoms with Crippen molar-refractivity contribution in [2.45, 2.75) is 28.0 Å². The first-order valence-electron chi connectivity index (χ1n) is 11.0. The molecule has 0 aliphatic carbocycles. The van der Waals surface area contributed by atoms with Crippen molar-refractivity contribution in [2.24, 2.45) is 0 Å². The molecule has 0 fully saturated rings. The molecule has 0 saturated heterocycles. The van der Waals surface area contributed by atoms with Crippen molar-refractivity contribution in [3.8, 4) is 6.07 Å². The third-order valence-electron chi connectivity index (χ3n) is 5.71. The van der Waals surface area contributed by atoms with E-state index in [2.05, 4.69) is 35.8 Å². The molecule has 0 aromatic heterocycles. The number of nitrogens with one attached hydrogen (secondary N) is 1. The molecule has 0 saturated carbocycles. The van der Waals surface area contributed by atoms with Crippen LogP contribution in [0.3, 0.4) is 0 Å². The van der Waals surface area contributed by atoms with Crippen LogP contribution >= 0.6 is 11.8 Å². The van der Waals surface area contributed by atoms with Crippen LogP contribution in [0.1, 0.15) is 33.5 Å². The predicted octanol–water partition coefficient (Wildman–Crippen LogP) is 7.29. The third kappa shape index (κ3) is 5.41. The molecule has 3 nitrogen and oxygen atoms in total. The number of nitrogens with zero attached hydrogens (tertiary/aromatic N) is 1. The van der Waals surface area contributed by atoms with E-state index in [0.29, 0.717) is 5.56 Å². The van der Waals surface area contributed by atoms with Gasteiger partial charge in [0.1, 0.15) is 0 Å². The molecule has 3 atom stereocenters. The molecule has 4 aromatic rings. The average Bonchev–Trinajstić information content (AvgIpc) is 2.90. The Morgan fingerprint density at radius 1 is 0.853 bits per heavy atom. The third-order valence-corrected chi connectivity index (χ3v) is 8.22. The van der Waals surface area contributed by atoms with E-state index in [1.165, 1.54) is 0 Å². The molecular weight excluding hydrogens is 456 g/mol. The van der Waals surface area contributed by atoms with Gasteiger partial charge in [-0.1, -0.05) is 66.2 Å². The van der Waals surface area contributed by atoms with Crippen LogP contribution in [-0.2, 0) is 10.8 Å². The molecule has 0 radical (unpaired) electrons. The van der Waals surface area contributed by atoms with E-state index in [1.54, 1.807) is 11.8 Å². The zero-order valence-electron chi connectivity index (χ0n) is 19.1. The fourth-order valence-electron chi connectivity index (χ4n) is 3.93. The molecule has 0 aliphatic heterocycles. The van der Waals surface area contributed by atoms with Crippen molar-refractivity contribution in [1.82, 2.24) is 0 Å². The van der Waals surface area contributed by atoms with E-state index < -0.39 is 10.8 Å². The van der Waals surface area contributed by atoms with Gasteiger partial charge in [-0.3, -0.25) is 0 Å². The summed E-state index contributed by atoms with van der Waals surface area (Å²) in [6.07, 6.45) is 2.09. The lowest BCUT2D eigenvalue weighted by Crippen LogP contribution is -2.19. The van der Waals surface area contributed by atoms with Crippen molar-refractivity contribution in [1.29, 1.82) is 5.26 Å². The quantitative estimate of drug-likeness (QED) is 0.286. The first-order chi connectivity index (χ1) is 16.6. The van der Waals surface area contributed by atoms with E-state index in [9.17, 15) is 4.21 Å². The number of benzene rings is 4. The summed E-state index contributed by atoms with van der Waals surface area (Å²) in [6.45, 7) is 2.03. The minimum absolute atomic E-state index is 0.00337. The largest absolute Gasteiger partial charge is 0.377 e. The molecular formula is C29H26N2OS2. The highest BCUT2D eigenvalue weighted by molar-refractivity contribution is 7.98. The SMILES string of the molecule is CS[C@H](c1ccccc1S(=O)c1ccc(C)cc1)[C@@H](Nc1ccc(C#N)cc1)c1ccccc1. The van der Waals surface area contributed by atoms with Gasteiger partial charge in [-0.2, -0.15) is 17.0 Å². The summed E-state index contributed by atoms with van der Waals surface area (Å²) in [4.78, 5) is 1.63. The molecule has 0 aliphatic rings. The first-order valence-corrected chi connectivity index (χ1v) is 13.5. The Morgan fingerprint density at radius 3 is 2.15 bits per heavy atom. The Morgan fingerprint density at radius 2 is 1.50 bits per heavy atom. The van der Waals surface area contributed by atoms with Gasteiger partial charge in [0.2, 0.25) is 0 Å². The molecule has 0 amide bonds. The van der Waals surface area contributed by atoms with Crippen LogP contribution in [0.4, 0.5) is 5.69 Å². The van der Waals surface area contributed by atoms with E-state index in [1.807, 2.05) is 91.9 Å². The topological polar surface area (TPSA) is 52.9 Å². The van der Waals surface area contributed by atoms with Crippen molar-refractivity contribution in [3.63, 3.8) is 0 Å². The second-order valence-electron chi connectivity index (χ2n) is 8.00. The number of hydrogen-bond acceptors (Lipinski definition) is 4. The highest BCUT2D eigenvalue weighted by Crippen LogP contribution is 2.43. The summed E-state index contributed by atoms with van der Waals surface area (Å²) < 4.78 is 13.6. The molecule has 0 bridgehead atoms. The maximum absolute atomic E-state index is 13.6. The number of rotatable bonds is 8. The van der Waals surface area contributed by atoms with Gasteiger partial charge in [-0.05, 0) is 66.8 Å². The molecule has 0 heterocycles. The highest BCUT2D eigenvalue weighted by Gasteiger charge is 2.28. The van der Waals surface area contributed by atoms with Gasteiger partial charge < -0.3 is 5.32 Å². The standard InChI is InChI=1S/C29H26N2OS2/c1-21-12-18-25(19-13-21)34(32)27-11-7-6-10-26(27)29(33-2)28(23-8-4-3-5-9-23)31-24-16-14-22(20-30)15-17-24/h3-19,28-29,31H,1-2H3/t28-,29+,34?/m0/s1. The zero-order chi connectivity index (χ0) is 23.9. The van der Waals surface area contributed by atoms with Crippen molar-refractivity contribution < 1.29 is 4.21 Å². The summed E-state index contributed by atoms with van der Waals surface area (Å²) >= 11 is 1.73. The van der Waals surface area contributed by atoms with Gasteiger partial charge in [-0.25, -0.2) is 4.21 Å². The Bertz CT molecular complexity index is 1300. The van der Waals surface area contributed by atoms with Crippen molar-refractivity contribution >= 4 is 28.2 Å². The van der Waals surface area contributed by atoms with Crippen LogP contribution in [0.5, 0.6) is 0 Å². The van der Waals surface area contributed by atoms with Crippen LogP contribution in [-0.4, -0.2) is 10.5 Å². The number of nitriles is 1. The number of aryl methyl sites for hydroxylation is 1. The Hall–Kier alpha value is -3.33. The summed E-state index contributed by atoms with van der Waals surface area (Å²) in [6, 6.07) is 35.8. The lowest BCUT2D eigenvalue weighted by Gasteiger charge is -2.30. The zero-order valence-corrected chi connectivity index (χ0v) is 20.8. The smallest absolute Gasteiger partial charge is 0.0991 e. The van der Waals surface area contributed by atoms with Crippen LogP contribution in [0.15, 0.2) is 113 Å². The van der Waals surface area contributed by atoms with Crippen LogP contribution in [0.2, 0.25) is 0 Å². The maximum Gasteiger partial charge on any atom is 0.0991 e. The predicted molar refractivity (Wildman–Crippen MR) is 143 cm³/mol. The molecule has 34 heavy (non-hydrogen) atoms. The lowest BCUT2D eigenvalue weighted by molar-refractivity contribution is 0.679.